The zero-order valence-electron chi connectivity index (χ0n) is 9.38. The molecule has 4 nitrogen and oxygen atoms in total. The number of benzene rings is 1. The summed E-state index contributed by atoms with van der Waals surface area (Å²) in [5, 5.41) is 4.43. The standard InChI is InChI=1S/C13H10BrN3O/c14-9-3-5-10(6-4-9)17-13(15)8-11(16-17)12-2-1-7-18-12/h1-8H,15H2. The van der Waals surface area contributed by atoms with Crippen molar-refractivity contribution in [3.63, 3.8) is 0 Å². The van der Waals surface area contributed by atoms with Gasteiger partial charge in [0.15, 0.2) is 5.76 Å². The summed E-state index contributed by atoms with van der Waals surface area (Å²) in [4.78, 5) is 0. The minimum absolute atomic E-state index is 0.573. The smallest absolute Gasteiger partial charge is 0.154 e. The van der Waals surface area contributed by atoms with E-state index in [2.05, 4.69) is 21.0 Å². The Morgan fingerprint density at radius 2 is 1.94 bits per heavy atom. The van der Waals surface area contributed by atoms with Gasteiger partial charge in [-0.3, -0.25) is 0 Å². The third-order valence-electron chi connectivity index (χ3n) is 2.58. The fourth-order valence-corrected chi connectivity index (χ4v) is 1.99. The van der Waals surface area contributed by atoms with E-state index in [0.717, 1.165) is 15.9 Å². The Morgan fingerprint density at radius 3 is 2.61 bits per heavy atom. The van der Waals surface area contributed by atoms with E-state index in [1.165, 1.54) is 0 Å². The van der Waals surface area contributed by atoms with Crippen molar-refractivity contribution >= 4 is 21.7 Å². The van der Waals surface area contributed by atoms with E-state index in [0.29, 0.717) is 11.6 Å². The molecule has 0 spiro atoms. The molecule has 3 aromatic rings. The second-order valence-electron chi connectivity index (χ2n) is 3.82. The van der Waals surface area contributed by atoms with Gasteiger partial charge < -0.3 is 10.2 Å². The van der Waals surface area contributed by atoms with Crippen molar-refractivity contribution in [2.75, 3.05) is 5.73 Å². The lowest BCUT2D eigenvalue weighted by Crippen LogP contribution is -2.01. The number of halogens is 1. The molecule has 0 saturated carbocycles. The Balaban J connectivity index is 2.06. The molecule has 90 valence electrons. The van der Waals surface area contributed by atoms with E-state index in [-0.39, 0.29) is 0 Å². The molecular formula is C13H10BrN3O. The number of aromatic nitrogens is 2. The Labute approximate surface area is 112 Å². The predicted octanol–water partition coefficient (Wildman–Crippen LogP) is 3.48. The van der Waals surface area contributed by atoms with Crippen LogP contribution in [0.25, 0.3) is 17.1 Å². The first-order valence-corrected chi connectivity index (χ1v) is 6.19. The highest BCUT2D eigenvalue weighted by Crippen LogP contribution is 2.23. The van der Waals surface area contributed by atoms with Crippen molar-refractivity contribution in [3.05, 3.63) is 53.2 Å². The van der Waals surface area contributed by atoms with Gasteiger partial charge in [0.1, 0.15) is 11.5 Å². The molecule has 2 aromatic heterocycles. The van der Waals surface area contributed by atoms with Gasteiger partial charge in [-0.15, -0.1) is 0 Å². The molecule has 0 fully saturated rings. The highest BCUT2D eigenvalue weighted by molar-refractivity contribution is 9.10. The average molecular weight is 304 g/mol. The second kappa shape index (κ2) is 4.34. The van der Waals surface area contributed by atoms with Crippen LogP contribution in [0.5, 0.6) is 0 Å². The number of nitrogen functional groups attached to an aromatic ring is 1. The first kappa shape index (κ1) is 11.1. The highest BCUT2D eigenvalue weighted by Gasteiger charge is 2.10. The van der Waals surface area contributed by atoms with Crippen LogP contribution < -0.4 is 5.73 Å². The molecular weight excluding hydrogens is 294 g/mol. The molecule has 0 aliphatic rings. The quantitative estimate of drug-likeness (QED) is 0.788. The largest absolute Gasteiger partial charge is 0.463 e. The number of nitrogens with two attached hydrogens (primary N) is 1. The molecule has 3 rings (SSSR count). The van der Waals surface area contributed by atoms with Crippen LogP contribution >= 0.6 is 15.9 Å². The van der Waals surface area contributed by atoms with Crippen molar-refractivity contribution in [2.45, 2.75) is 0 Å². The Bertz CT molecular complexity index is 656. The molecule has 1 aromatic carbocycles. The van der Waals surface area contributed by atoms with Crippen LogP contribution in [0.3, 0.4) is 0 Å². The molecule has 0 atom stereocenters. The Kier molecular flexibility index (Phi) is 2.68. The van der Waals surface area contributed by atoms with Gasteiger partial charge in [0.2, 0.25) is 0 Å². The molecule has 0 amide bonds. The van der Waals surface area contributed by atoms with Gasteiger partial charge in [-0.25, -0.2) is 4.68 Å². The summed E-state index contributed by atoms with van der Waals surface area (Å²) in [6.45, 7) is 0. The molecule has 0 aliphatic heterocycles. The van der Waals surface area contributed by atoms with Gasteiger partial charge in [-0.1, -0.05) is 15.9 Å². The maximum absolute atomic E-state index is 5.96. The summed E-state index contributed by atoms with van der Waals surface area (Å²) in [5.41, 5.74) is 7.60. The SMILES string of the molecule is Nc1cc(-c2ccco2)nn1-c1ccc(Br)cc1. The summed E-state index contributed by atoms with van der Waals surface area (Å²) in [7, 11) is 0. The minimum atomic E-state index is 0.573. The van der Waals surface area contributed by atoms with Crippen LogP contribution in [0.15, 0.2) is 57.6 Å². The topological polar surface area (TPSA) is 57.0 Å². The minimum Gasteiger partial charge on any atom is -0.463 e. The first-order valence-electron chi connectivity index (χ1n) is 5.39. The normalized spacial score (nSPS) is 10.7. The lowest BCUT2D eigenvalue weighted by Gasteiger charge is -2.03. The third kappa shape index (κ3) is 1.93. The number of furan rings is 1. The van der Waals surface area contributed by atoms with Crippen molar-refractivity contribution < 1.29 is 4.42 Å². The van der Waals surface area contributed by atoms with Gasteiger partial charge in [0.05, 0.1) is 12.0 Å². The number of hydrogen-bond acceptors (Lipinski definition) is 3. The van der Waals surface area contributed by atoms with Crippen LogP contribution in [-0.2, 0) is 0 Å². The van der Waals surface area contributed by atoms with E-state index in [9.17, 15) is 0 Å². The fourth-order valence-electron chi connectivity index (χ4n) is 1.73. The number of nitrogens with zero attached hydrogens (tertiary/aromatic N) is 2. The van der Waals surface area contributed by atoms with Gasteiger partial charge in [0, 0.05) is 10.5 Å². The zero-order valence-corrected chi connectivity index (χ0v) is 11.0. The summed E-state index contributed by atoms with van der Waals surface area (Å²) < 4.78 is 8.01. The van der Waals surface area contributed by atoms with E-state index >= 15 is 0 Å². The molecule has 2 N–H and O–H groups in total. The van der Waals surface area contributed by atoms with Crippen LogP contribution in [0, 0.1) is 0 Å². The number of rotatable bonds is 2. The van der Waals surface area contributed by atoms with E-state index in [1.807, 2.05) is 36.4 Å². The molecule has 0 aliphatic carbocycles. The maximum Gasteiger partial charge on any atom is 0.154 e. The van der Waals surface area contributed by atoms with E-state index in [4.69, 9.17) is 10.2 Å². The van der Waals surface area contributed by atoms with Crippen molar-refractivity contribution in [3.8, 4) is 17.1 Å². The van der Waals surface area contributed by atoms with Crippen molar-refractivity contribution in [1.29, 1.82) is 0 Å². The molecule has 2 heterocycles. The summed E-state index contributed by atoms with van der Waals surface area (Å²) in [6, 6.07) is 13.3. The van der Waals surface area contributed by atoms with Crippen LogP contribution in [0.1, 0.15) is 0 Å². The average Bonchev–Trinajstić information content (AvgIpc) is 2.99. The third-order valence-corrected chi connectivity index (χ3v) is 3.11. The maximum atomic E-state index is 5.96. The molecule has 0 unspecified atom stereocenters. The summed E-state index contributed by atoms with van der Waals surface area (Å²) >= 11 is 3.40. The molecule has 0 bridgehead atoms. The zero-order chi connectivity index (χ0) is 12.5. The van der Waals surface area contributed by atoms with Gasteiger partial charge in [0.25, 0.3) is 0 Å². The molecule has 5 heteroatoms. The fraction of sp³-hybridized carbons (Fsp3) is 0. The predicted molar refractivity (Wildman–Crippen MR) is 73.4 cm³/mol. The highest BCUT2D eigenvalue weighted by atomic mass is 79.9. The molecule has 18 heavy (non-hydrogen) atoms. The summed E-state index contributed by atoms with van der Waals surface area (Å²) in [6.07, 6.45) is 1.62. The van der Waals surface area contributed by atoms with Crippen LogP contribution in [0.4, 0.5) is 5.82 Å². The Morgan fingerprint density at radius 1 is 1.17 bits per heavy atom. The van der Waals surface area contributed by atoms with Crippen LogP contribution in [-0.4, -0.2) is 9.78 Å². The van der Waals surface area contributed by atoms with Gasteiger partial charge >= 0.3 is 0 Å². The summed E-state index contributed by atoms with van der Waals surface area (Å²) in [5.74, 6) is 1.28. The lowest BCUT2D eigenvalue weighted by atomic mass is 10.3. The lowest BCUT2D eigenvalue weighted by molar-refractivity contribution is 0.579. The second-order valence-corrected chi connectivity index (χ2v) is 4.74. The van der Waals surface area contributed by atoms with Gasteiger partial charge in [-0.2, -0.15) is 5.10 Å². The van der Waals surface area contributed by atoms with E-state index < -0.39 is 0 Å². The number of anilines is 1. The van der Waals surface area contributed by atoms with Crippen LogP contribution in [0.2, 0.25) is 0 Å². The molecule has 0 saturated heterocycles. The Hall–Kier alpha value is -2.01. The monoisotopic (exact) mass is 303 g/mol. The van der Waals surface area contributed by atoms with Gasteiger partial charge in [-0.05, 0) is 36.4 Å². The van der Waals surface area contributed by atoms with Crippen molar-refractivity contribution in [2.24, 2.45) is 0 Å². The van der Waals surface area contributed by atoms with E-state index in [1.54, 1.807) is 17.0 Å². The first-order chi connectivity index (χ1) is 8.74. The molecule has 0 radical (unpaired) electrons. The number of hydrogen-bond donors (Lipinski definition) is 1. The van der Waals surface area contributed by atoms with Crippen molar-refractivity contribution in [1.82, 2.24) is 9.78 Å².